The summed E-state index contributed by atoms with van der Waals surface area (Å²) >= 11 is 0. The number of halogens is 5. The van der Waals surface area contributed by atoms with E-state index in [-0.39, 0.29) is 17.4 Å². The van der Waals surface area contributed by atoms with Crippen molar-refractivity contribution < 1.29 is 35.9 Å². The fourth-order valence-corrected chi connectivity index (χ4v) is 3.48. The number of aromatic nitrogens is 5. The van der Waals surface area contributed by atoms with Crippen molar-refractivity contribution >= 4 is 5.65 Å². The van der Waals surface area contributed by atoms with Gasteiger partial charge in [-0.1, -0.05) is 23.7 Å². The van der Waals surface area contributed by atoms with Crippen molar-refractivity contribution in [2.24, 2.45) is 0 Å². The first-order valence-corrected chi connectivity index (χ1v) is 10.2. The van der Waals surface area contributed by atoms with Crippen LogP contribution in [0.3, 0.4) is 0 Å². The lowest BCUT2D eigenvalue weighted by atomic mass is 9.85. The maximum Gasteiger partial charge on any atom is 0.573 e. The third-order valence-corrected chi connectivity index (χ3v) is 5.40. The van der Waals surface area contributed by atoms with Crippen LogP contribution in [0.2, 0.25) is 0 Å². The van der Waals surface area contributed by atoms with E-state index in [0.29, 0.717) is 17.0 Å². The number of pyridine rings is 1. The molecule has 4 aromatic rings. The molecule has 1 saturated carbocycles. The number of ether oxygens (including phenoxy) is 2. The summed E-state index contributed by atoms with van der Waals surface area (Å²) in [5.74, 6) is -0.599. The normalized spacial score (nSPS) is 15.0. The fourth-order valence-electron chi connectivity index (χ4n) is 3.48. The number of alkyl halides is 5. The zero-order valence-electron chi connectivity index (χ0n) is 17.3. The van der Waals surface area contributed by atoms with Gasteiger partial charge in [0, 0.05) is 12.1 Å². The molecule has 1 fully saturated rings. The first kappa shape index (κ1) is 22.2. The second-order valence-corrected chi connectivity index (χ2v) is 7.72. The second-order valence-electron chi connectivity index (χ2n) is 7.72. The van der Waals surface area contributed by atoms with E-state index in [1.54, 1.807) is 6.07 Å². The minimum atomic E-state index is -4.82. The van der Waals surface area contributed by atoms with Crippen molar-refractivity contribution in [1.29, 1.82) is 0 Å². The van der Waals surface area contributed by atoms with Crippen LogP contribution in [0.4, 0.5) is 22.0 Å². The fraction of sp³-hybridized carbons (Fsp3) is 0.333. The molecule has 0 bridgehead atoms. The van der Waals surface area contributed by atoms with E-state index in [9.17, 15) is 22.0 Å². The molecule has 0 saturated heterocycles. The van der Waals surface area contributed by atoms with Gasteiger partial charge in [0.15, 0.2) is 11.5 Å². The molecule has 1 aliphatic rings. The van der Waals surface area contributed by atoms with Crippen LogP contribution in [-0.4, -0.2) is 31.1 Å². The van der Waals surface area contributed by atoms with Crippen molar-refractivity contribution in [3.8, 4) is 16.9 Å². The largest absolute Gasteiger partial charge is 0.573 e. The van der Waals surface area contributed by atoms with Gasteiger partial charge in [-0.05, 0) is 48.2 Å². The Morgan fingerprint density at radius 2 is 1.71 bits per heavy atom. The lowest BCUT2D eigenvalue weighted by molar-refractivity contribution is -0.274. The van der Waals surface area contributed by atoms with E-state index < -0.39 is 30.7 Å². The molecule has 5 rings (SSSR count). The van der Waals surface area contributed by atoms with Crippen molar-refractivity contribution in [2.45, 2.75) is 44.3 Å². The molecule has 34 heavy (non-hydrogen) atoms. The molecule has 0 unspecified atom stereocenters. The number of rotatable bonds is 7. The van der Waals surface area contributed by atoms with E-state index in [2.05, 4.69) is 25.1 Å². The molecule has 3 aromatic heterocycles. The van der Waals surface area contributed by atoms with Crippen LogP contribution in [0.15, 0.2) is 47.1 Å². The van der Waals surface area contributed by atoms with Gasteiger partial charge in [0.2, 0.25) is 11.7 Å². The molecule has 178 valence electrons. The van der Waals surface area contributed by atoms with E-state index in [1.807, 2.05) is 0 Å². The summed E-state index contributed by atoms with van der Waals surface area (Å²) in [4.78, 5) is 4.10. The van der Waals surface area contributed by atoms with Crippen molar-refractivity contribution in [2.75, 3.05) is 0 Å². The predicted octanol–water partition coefficient (Wildman–Crippen LogP) is 5.21. The van der Waals surface area contributed by atoms with Gasteiger partial charge in [0.1, 0.15) is 12.4 Å². The third kappa shape index (κ3) is 4.55. The van der Waals surface area contributed by atoms with Crippen LogP contribution in [0.1, 0.15) is 42.7 Å². The topological polar surface area (TPSA) is 87.6 Å². The molecule has 3 heterocycles. The zero-order chi connectivity index (χ0) is 23.9. The molecule has 1 aromatic carbocycles. The average molecular weight is 481 g/mol. The second kappa shape index (κ2) is 8.31. The standard InChI is InChI=1S/C21H16F5N5O3/c22-20(23,32-11-16-27-18(34-30-16)13-2-1-3-13)19-29-28-17-9-6-14(10-31(17)19)12-4-7-15(8-5-12)33-21(24,25)26/h4-10,13H,1-3,11H2. The Balaban J connectivity index is 1.35. The summed E-state index contributed by atoms with van der Waals surface area (Å²) in [6, 6.07) is 8.02. The SMILES string of the molecule is FC(F)(F)Oc1ccc(-c2ccc3nnc(C(F)(F)OCc4noc(C5CCC5)n4)n3c2)cc1. The van der Waals surface area contributed by atoms with E-state index in [0.717, 1.165) is 35.8 Å². The van der Waals surface area contributed by atoms with E-state index in [1.165, 1.54) is 24.4 Å². The molecule has 0 radical (unpaired) electrons. The number of benzene rings is 1. The van der Waals surface area contributed by atoms with Crippen LogP contribution in [0, 0.1) is 0 Å². The lowest BCUT2D eigenvalue weighted by Crippen LogP contribution is -2.22. The van der Waals surface area contributed by atoms with E-state index in [4.69, 9.17) is 9.26 Å². The molecule has 13 heteroatoms. The number of fused-ring (bicyclic) bond motifs is 1. The number of hydrogen-bond acceptors (Lipinski definition) is 7. The summed E-state index contributed by atoms with van der Waals surface area (Å²) < 4.78 is 81.5. The average Bonchev–Trinajstić information content (AvgIpc) is 3.37. The third-order valence-electron chi connectivity index (χ3n) is 5.40. The Kier molecular flexibility index (Phi) is 5.42. The molecule has 0 N–H and O–H groups in total. The molecule has 0 aliphatic heterocycles. The van der Waals surface area contributed by atoms with Crippen LogP contribution < -0.4 is 4.74 Å². The Morgan fingerprint density at radius 1 is 0.971 bits per heavy atom. The molecular weight excluding hydrogens is 465 g/mol. The van der Waals surface area contributed by atoms with Gasteiger partial charge in [-0.15, -0.1) is 23.4 Å². The maximum atomic E-state index is 14.8. The molecule has 1 aliphatic carbocycles. The molecule has 0 atom stereocenters. The quantitative estimate of drug-likeness (QED) is 0.335. The Hall–Kier alpha value is -3.61. The van der Waals surface area contributed by atoms with Gasteiger partial charge < -0.3 is 14.0 Å². The summed E-state index contributed by atoms with van der Waals surface area (Å²) in [6.07, 6.45) is -4.41. The number of nitrogens with zero attached hydrogens (tertiary/aromatic N) is 5. The summed E-state index contributed by atoms with van der Waals surface area (Å²) in [5, 5.41) is 11.0. The predicted molar refractivity (Wildman–Crippen MR) is 105 cm³/mol. The lowest BCUT2D eigenvalue weighted by Gasteiger charge is -2.20. The Morgan fingerprint density at radius 3 is 2.38 bits per heavy atom. The molecule has 8 nitrogen and oxygen atoms in total. The Bertz CT molecular complexity index is 1300. The van der Waals surface area contributed by atoms with Gasteiger partial charge >= 0.3 is 12.5 Å². The highest BCUT2D eigenvalue weighted by Gasteiger charge is 2.39. The van der Waals surface area contributed by atoms with Crippen LogP contribution >= 0.6 is 0 Å². The molecule has 0 amide bonds. The smallest absolute Gasteiger partial charge is 0.406 e. The zero-order valence-corrected chi connectivity index (χ0v) is 17.3. The first-order chi connectivity index (χ1) is 16.2. The monoisotopic (exact) mass is 481 g/mol. The minimum Gasteiger partial charge on any atom is -0.406 e. The molecule has 0 spiro atoms. The van der Waals surface area contributed by atoms with Gasteiger partial charge in [0.05, 0.1) is 0 Å². The van der Waals surface area contributed by atoms with Crippen LogP contribution in [0.5, 0.6) is 5.75 Å². The summed E-state index contributed by atoms with van der Waals surface area (Å²) in [7, 11) is 0. The highest BCUT2D eigenvalue weighted by Crippen LogP contribution is 2.36. The van der Waals surface area contributed by atoms with Crippen molar-refractivity contribution in [3.63, 3.8) is 0 Å². The van der Waals surface area contributed by atoms with Gasteiger partial charge in [-0.3, -0.25) is 4.40 Å². The highest BCUT2D eigenvalue weighted by molar-refractivity contribution is 5.65. The summed E-state index contributed by atoms with van der Waals surface area (Å²) in [5.41, 5.74) is 1.03. The minimum absolute atomic E-state index is 0.00255. The van der Waals surface area contributed by atoms with E-state index >= 15 is 0 Å². The van der Waals surface area contributed by atoms with Crippen LogP contribution in [0.25, 0.3) is 16.8 Å². The van der Waals surface area contributed by atoms with Gasteiger partial charge in [-0.25, -0.2) is 0 Å². The van der Waals surface area contributed by atoms with Crippen molar-refractivity contribution in [1.82, 2.24) is 24.7 Å². The first-order valence-electron chi connectivity index (χ1n) is 10.2. The van der Waals surface area contributed by atoms with Gasteiger partial charge in [-0.2, -0.15) is 13.8 Å². The summed E-state index contributed by atoms with van der Waals surface area (Å²) in [6.45, 7) is -0.599. The number of hydrogen-bond donors (Lipinski definition) is 0. The highest BCUT2D eigenvalue weighted by atomic mass is 19.4. The molecular formula is C21H16F5N5O3. The Labute approximate surface area is 188 Å². The van der Waals surface area contributed by atoms with Crippen LogP contribution in [-0.2, 0) is 17.5 Å². The van der Waals surface area contributed by atoms with Gasteiger partial charge in [0.25, 0.3) is 0 Å². The maximum absolute atomic E-state index is 14.8. The van der Waals surface area contributed by atoms with Crippen molar-refractivity contribution in [3.05, 3.63) is 60.1 Å².